The van der Waals surface area contributed by atoms with Crippen molar-refractivity contribution >= 4 is 27.5 Å². The van der Waals surface area contributed by atoms with E-state index < -0.39 is 0 Å². The fourth-order valence-electron chi connectivity index (χ4n) is 1.09. The number of benzene rings is 1. The minimum atomic E-state index is -0.0331. The predicted molar refractivity (Wildman–Crippen MR) is 61.4 cm³/mol. The van der Waals surface area contributed by atoms with Gasteiger partial charge in [0.05, 0.1) is 6.54 Å². The highest BCUT2D eigenvalue weighted by Gasteiger charge is 2.01. The zero-order valence-corrected chi connectivity index (χ0v) is 9.81. The highest BCUT2D eigenvalue weighted by molar-refractivity contribution is 9.10. The molecule has 1 aromatic carbocycles. The Bertz CT molecular complexity index is 339. The number of rotatable bonds is 3. The van der Waals surface area contributed by atoms with Crippen LogP contribution in [-0.4, -0.2) is 19.5 Å². The van der Waals surface area contributed by atoms with Gasteiger partial charge in [-0.05, 0) is 37.7 Å². The highest BCUT2D eigenvalue weighted by Crippen LogP contribution is 2.19. The van der Waals surface area contributed by atoms with Crippen LogP contribution in [0.2, 0.25) is 0 Å². The van der Waals surface area contributed by atoms with Crippen LogP contribution in [0.4, 0.5) is 5.69 Å². The second-order valence-corrected chi connectivity index (χ2v) is 3.90. The average Bonchev–Trinajstić information content (AvgIpc) is 2.12. The molecule has 14 heavy (non-hydrogen) atoms. The van der Waals surface area contributed by atoms with E-state index in [1.807, 2.05) is 25.1 Å². The average molecular weight is 257 g/mol. The zero-order chi connectivity index (χ0) is 10.6. The molecule has 0 saturated heterocycles. The van der Waals surface area contributed by atoms with Crippen molar-refractivity contribution in [3.05, 3.63) is 28.2 Å². The fraction of sp³-hybridized carbons (Fsp3) is 0.300. The molecule has 0 heterocycles. The first kappa shape index (κ1) is 11.2. The second-order valence-electron chi connectivity index (χ2n) is 3.04. The second kappa shape index (κ2) is 5.12. The standard InChI is InChI=1S/C10H13BrN2O/c1-7-5-8(3-4-9(7)11)13-10(14)6-12-2/h3-5,12H,6H2,1-2H3,(H,13,14). The molecule has 1 aromatic rings. The van der Waals surface area contributed by atoms with E-state index in [9.17, 15) is 4.79 Å². The lowest BCUT2D eigenvalue weighted by atomic mass is 10.2. The van der Waals surface area contributed by atoms with Crippen molar-refractivity contribution in [2.24, 2.45) is 0 Å². The molecule has 1 rings (SSSR count). The number of carbonyl (C=O) groups is 1. The third kappa shape index (κ3) is 3.12. The molecule has 0 aliphatic rings. The quantitative estimate of drug-likeness (QED) is 0.868. The highest BCUT2D eigenvalue weighted by atomic mass is 79.9. The van der Waals surface area contributed by atoms with Crippen LogP contribution in [0, 0.1) is 6.92 Å². The van der Waals surface area contributed by atoms with Crippen molar-refractivity contribution in [2.45, 2.75) is 6.92 Å². The largest absolute Gasteiger partial charge is 0.325 e. The number of likely N-dealkylation sites (N-methyl/N-ethyl adjacent to an activating group) is 1. The van der Waals surface area contributed by atoms with Gasteiger partial charge in [0.2, 0.25) is 5.91 Å². The summed E-state index contributed by atoms with van der Waals surface area (Å²) in [6.45, 7) is 2.31. The summed E-state index contributed by atoms with van der Waals surface area (Å²) < 4.78 is 1.05. The van der Waals surface area contributed by atoms with Crippen molar-refractivity contribution < 1.29 is 4.79 Å². The lowest BCUT2D eigenvalue weighted by molar-refractivity contribution is -0.115. The fourth-order valence-corrected chi connectivity index (χ4v) is 1.33. The number of hydrogen-bond acceptors (Lipinski definition) is 2. The van der Waals surface area contributed by atoms with E-state index in [4.69, 9.17) is 0 Å². The van der Waals surface area contributed by atoms with Gasteiger partial charge in [-0.3, -0.25) is 4.79 Å². The predicted octanol–water partition coefficient (Wildman–Crippen LogP) is 1.92. The Morgan fingerprint density at radius 2 is 2.21 bits per heavy atom. The molecule has 0 fully saturated rings. The number of amides is 1. The van der Waals surface area contributed by atoms with Crippen LogP contribution < -0.4 is 10.6 Å². The smallest absolute Gasteiger partial charge is 0.238 e. The summed E-state index contributed by atoms with van der Waals surface area (Å²) in [4.78, 5) is 11.2. The summed E-state index contributed by atoms with van der Waals surface area (Å²) in [7, 11) is 1.74. The normalized spacial score (nSPS) is 9.93. The molecule has 1 amide bonds. The monoisotopic (exact) mass is 256 g/mol. The van der Waals surface area contributed by atoms with Gasteiger partial charge in [-0.1, -0.05) is 15.9 Å². The van der Waals surface area contributed by atoms with Crippen molar-refractivity contribution in [1.82, 2.24) is 5.32 Å². The van der Waals surface area contributed by atoms with Gasteiger partial charge < -0.3 is 10.6 Å². The molecule has 4 heteroatoms. The molecule has 0 aliphatic heterocycles. The van der Waals surface area contributed by atoms with Gasteiger partial charge >= 0.3 is 0 Å². The summed E-state index contributed by atoms with van der Waals surface area (Å²) in [5.41, 5.74) is 1.93. The van der Waals surface area contributed by atoms with Gasteiger partial charge in [-0.15, -0.1) is 0 Å². The Morgan fingerprint density at radius 1 is 1.50 bits per heavy atom. The van der Waals surface area contributed by atoms with E-state index in [0.29, 0.717) is 6.54 Å². The van der Waals surface area contributed by atoms with E-state index in [-0.39, 0.29) is 5.91 Å². The van der Waals surface area contributed by atoms with Gasteiger partial charge in [-0.2, -0.15) is 0 Å². The van der Waals surface area contributed by atoms with Crippen LogP contribution in [-0.2, 0) is 4.79 Å². The number of nitrogens with one attached hydrogen (secondary N) is 2. The van der Waals surface area contributed by atoms with Crippen LogP contribution >= 0.6 is 15.9 Å². The van der Waals surface area contributed by atoms with Crippen molar-refractivity contribution in [2.75, 3.05) is 18.9 Å². The molecule has 0 aromatic heterocycles. The molecule has 3 nitrogen and oxygen atoms in total. The zero-order valence-electron chi connectivity index (χ0n) is 8.23. The maximum absolute atomic E-state index is 11.2. The number of anilines is 1. The van der Waals surface area contributed by atoms with Gasteiger partial charge in [0.15, 0.2) is 0 Å². The Balaban J connectivity index is 2.68. The summed E-state index contributed by atoms with van der Waals surface area (Å²) >= 11 is 3.40. The summed E-state index contributed by atoms with van der Waals surface area (Å²) in [5.74, 6) is -0.0331. The number of halogens is 1. The molecule has 0 atom stereocenters. The van der Waals surface area contributed by atoms with Crippen LogP contribution in [0.1, 0.15) is 5.56 Å². The topological polar surface area (TPSA) is 41.1 Å². The lowest BCUT2D eigenvalue weighted by Crippen LogP contribution is -2.25. The number of aryl methyl sites for hydroxylation is 1. The Hall–Kier alpha value is -0.870. The first-order chi connectivity index (χ1) is 6.63. The molecule has 0 saturated carbocycles. The molecule has 2 N–H and O–H groups in total. The van der Waals surface area contributed by atoms with Gasteiger partial charge in [0.1, 0.15) is 0 Å². The Labute approximate surface area is 92.0 Å². The maximum atomic E-state index is 11.2. The first-order valence-electron chi connectivity index (χ1n) is 4.34. The van der Waals surface area contributed by atoms with Crippen LogP contribution in [0.3, 0.4) is 0 Å². The van der Waals surface area contributed by atoms with E-state index >= 15 is 0 Å². The SMILES string of the molecule is CNCC(=O)Nc1ccc(Br)c(C)c1. The minimum Gasteiger partial charge on any atom is -0.325 e. The molecular weight excluding hydrogens is 244 g/mol. The molecule has 0 bridgehead atoms. The van der Waals surface area contributed by atoms with Crippen LogP contribution in [0.15, 0.2) is 22.7 Å². The Morgan fingerprint density at radius 3 is 2.79 bits per heavy atom. The summed E-state index contributed by atoms with van der Waals surface area (Å²) in [5, 5.41) is 5.58. The molecule has 76 valence electrons. The van der Waals surface area contributed by atoms with Crippen LogP contribution in [0.5, 0.6) is 0 Å². The molecule has 0 unspecified atom stereocenters. The minimum absolute atomic E-state index is 0.0331. The third-order valence-corrected chi connectivity index (χ3v) is 2.67. The first-order valence-corrected chi connectivity index (χ1v) is 5.13. The lowest BCUT2D eigenvalue weighted by Gasteiger charge is -2.06. The maximum Gasteiger partial charge on any atom is 0.238 e. The Kier molecular flexibility index (Phi) is 4.10. The van der Waals surface area contributed by atoms with E-state index in [1.54, 1.807) is 7.05 Å². The molecule has 0 spiro atoms. The summed E-state index contributed by atoms with van der Waals surface area (Å²) in [6.07, 6.45) is 0. The third-order valence-electron chi connectivity index (χ3n) is 1.78. The number of hydrogen-bond donors (Lipinski definition) is 2. The molecule has 0 radical (unpaired) electrons. The van der Waals surface area contributed by atoms with Crippen molar-refractivity contribution in [3.8, 4) is 0 Å². The van der Waals surface area contributed by atoms with Crippen LogP contribution in [0.25, 0.3) is 0 Å². The van der Waals surface area contributed by atoms with E-state index in [2.05, 4.69) is 26.6 Å². The number of carbonyl (C=O) groups excluding carboxylic acids is 1. The summed E-state index contributed by atoms with van der Waals surface area (Å²) in [6, 6.07) is 5.71. The van der Waals surface area contributed by atoms with Crippen molar-refractivity contribution in [1.29, 1.82) is 0 Å². The van der Waals surface area contributed by atoms with Crippen molar-refractivity contribution in [3.63, 3.8) is 0 Å². The van der Waals surface area contributed by atoms with Gasteiger partial charge in [0.25, 0.3) is 0 Å². The van der Waals surface area contributed by atoms with E-state index in [1.165, 1.54) is 0 Å². The molecule has 0 aliphatic carbocycles. The van der Waals surface area contributed by atoms with Gasteiger partial charge in [-0.25, -0.2) is 0 Å². The molecular formula is C10H13BrN2O. The van der Waals surface area contributed by atoms with Gasteiger partial charge in [0, 0.05) is 10.2 Å². The van der Waals surface area contributed by atoms with E-state index in [0.717, 1.165) is 15.7 Å².